The topological polar surface area (TPSA) is 109 Å². The number of hydrogen-bond acceptors (Lipinski definition) is 9. The summed E-state index contributed by atoms with van der Waals surface area (Å²) in [6.45, 7) is 2.03. The maximum Gasteiger partial charge on any atom is 0.269 e. The first kappa shape index (κ1) is 26.5. The van der Waals surface area contributed by atoms with E-state index in [-0.39, 0.29) is 5.91 Å². The van der Waals surface area contributed by atoms with Crippen LogP contribution in [0.3, 0.4) is 0 Å². The number of thiophene rings is 1. The molecule has 0 aliphatic carbocycles. The predicted molar refractivity (Wildman–Crippen MR) is 167 cm³/mol. The third-order valence-corrected chi connectivity index (χ3v) is 8.75. The number of hydrogen-bond donors (Lipinski definition) is 2. The summed E-state index contributed by atoms with van der Waals surface area (Å²) in [4.78, 5) is 24.0. The molecule has 0 aliphatic rings. The highest BCUT2D eigenvalue weighted by Crippen LogP contribution is 2.46. The monoisotopic (exact) mass is 582 g/mol. The summed E-state index contributed by atoms with van der Waals surface area (Å²) < 4.78 is 17.8. The van der Waals surface area contributed by atoms with Gasteiger partial charge >= 0.3 is 0 Å². The molecular weight excluding hydrogens is 556 g/mol. The van der Waals surface area contributed by atoms with Crippen molar-refractivity contribution >= 4 is 59.8 Å². The van der Waals surface area contributed by atoms with E-state index in [9.17, 15) is 4.79 Å². The normalized spacial score (nSPS) is 11.1. The van der Waals surface area contributed by atoms with E-state index in [0.717, 1.165) is 38.2 Å². The lowest BCUT2D eigenvalue weighted by Crippen LogP contribution is -2.11. The van der Waals surface area contributed by atoms with Crippen molar-refractivity contribution in [3.8, 4) is 39.6 Å². The first-order chi connectivity index (χ1) is 19.9. The van der Waals surface area contributed by atoms with Crippen LogP contribution < -0.4 is 25.3 Å². The Morgan fingerprint density at radius 3 is 2.27 bits per heavy atom. The van der Waals surface area contributed by atoms with Gasteiger partial charge in [-0.05, 0) is 53.9 Å². The van der Waals surface area contributed by atoms with Crippen molar-refractivity contribution in [3.63, 3.8) is 0 Å². The number of aromatic nitrogens is 2. The number of benzene rings is 3. The number of nitrogens with two attached hydrogens (primary N) is 1. The second-order valence-corrected chi connectivity index (χ2v) is 11.3. The number of amides is 1. The van der Waals surface area contributed by atoms with E-state index in [2.05, 4.69) is 16.4 Å². The Labute approximate surface area is 244 Å². The fourth-order valence-corrected chi connectivity index (χ4v) is 6.72. The number of nitrogens with zero attached hydrogens (tertiary/aromatic N) is 2. The third kappa shape index (κ3) is 4.81. The fraction of sp³-hybridized carbons (Fsp3) is 0.129. The number of pyridine rings is 1. The van der Waals surface area contributed by atoms with Crippen molar-refractivity contribution < 1.29 is 19.0 Å². The Morgan fingerprint density at radius 2 is 1.59 bits per heavy atom. The number of thiazole rings is 1. The number of anilines is 2. The molecule has 0 radical (unpaired) electrons. The van der Waals surface area contributed by atoms with Crippen LogP contribution in [0, 0.1) is 6.92 Å². The second kappa shape index (κ2) is 10.7. The van der Waals surface area contributed by atoms with Crippen LogP contribution in [0.5, 0.6) is 17.2 Å². The molecule has 10 heteroatoms. The maximum absolute atomic E-state index is 13.5. The van der Waals surface area contributed by atoms with Gasteiger partial charge in [0.05, 0.1) is 42.9 Å². The van der Waals surface area contributed by atoms with Gasteiger partial charge < -0.3 is 19.9 Å². The van der Waals surface area contributed by atoms with Crippen molar-refractivity contribution in [1.29, 1.82) is 0 Å². The van der Waals surface area contributed by atoms with Gasteiger partial charge in [-0.3, -0.25) is 10.1 Å². The van der Waals surface area contributed by atoms with E-state index in [1.165, 1.54) is 22.7 Å². The Kier molecular flexibility index (Phi) is 6.94. The number of ether oxygens (including phenoxy) is 3. The molecule has 8 nitrogen and oxygen atoms in total. The molecule has 3 aromatic heterocycles. The average Bonchev–Trinajstić information content (AvgIpc) is 3.55. The lowest BCUT2D eigenvalue weighted by molar-refractivity contribution is 0.103. The lowest BCUT2D eigenvalue weighted by Gasteiger charge is -2.15. The Balaban J connectivity index is 1.51. The first-order valence-corrected chi connectivity index (χ1v) is 14.3. The molecule has 0 spiro atoms. The summed E-state index contributed by atoms with van der Waals surface area (Å²) in [7, 11) is 4.71. The minimum atomic E-state index is -0.335. The van der Waals surface area contributed by atoms with Crippen LogP contribution in [0.4, 0.5) is 10.8 Å². The molecule has 41 heavy (non-hydrogen) atoms. The van der Waals surface area contributed by atoms with Gasteiger partial charge in [-0.15, -0.1) is 11.3 Å². The van der Waals surface area contributed by atoms with Crippen LogP contribution in [-0.2, 0) is 0 Å². The molecule has 0 saturated carbocycles. The van der Waals surface area contributed by atoms with Gasteiger partial charge in [-0.25, -0.2) is 9.97 Å². The molecule has 6 aromatic rings. The van der Waals surface area contributed by atoms with Crippen LogP contribution in [0.15, 0.2) is 66.7 Å². The van der Waals surface area contributed by atoms with Crippen LogP contribution >= 0.6 is 22.7 Å². The number of nitrogens with one attached hydrogen (secondary N) is 1. The molecule has 1 amide bonds. The van der Waals surface area contributed by atoms with Gasteiger partial charge in [0, 0.05) is 10.9 Å². The molecule has 0 aliphatic heterocycles. The summed E-state index contributed by atoms with van der Waals surface area (Å²) in [5, 5.41) is 4.13. The van der Waals surface area contributed by atoms with Crippen LogP contribution in [-0.4, -0.2) is 37.2 Å². The molecule has 3 aromatic carbocycles. The third-order valence-electron chi connectivity index (χ3n) is 6.71. The van der Waals surface area contributed by atoms with E-state index < -0.39 is 0 Å². The van der Waals surface area contributed by atoms with E-state index >= 15 is 0 Å². The number of nitrogen functional groups attached to an aromatic ring is 1. The number of carbonyl (C=O) groups is 1. The Bertz CT molecular complexity index is 1910. The number of methoxy groups -OCH3 is 3. The van der Waals surface area contributed by atoms with E-state index in [1.807, 2.05) is 67.6 Å². The van der Waals surface area contributed by atoms with E-state index in [0.29, 0.717) is 43.2 Å². The summed E-state index contributed by atoms with van der Waals surface area (Å²) in [5.41, 5.74) is 12.3. The highest BCUT2D eigenvalue weighted by atomic mass is 32.1. The van der Waals surface area contributed by atoms with Crippen molar-refractivity contribution in [2.75, 3.05) is 32.4 Å². The molecule has 0 atom stereocenters. The molecular formula is C31H26N4O4S2. The summed E-state index contributed by atoms with van der Waals surface area (Å²) in [6.07, 6.45) is 0. The zero-order valence-electron chi connectivity index (χ0n) is 22.8. The molecule has 6 rings (SSSR count). The highest BCUT2D eigenvalue weighted by Gasteiger charge is 2.24. The van der Waals surface area contributed by atoms with Crippen molar-refractivity contribution in [2.45, 2.75) is 6.92 Å². The number of rotatable bonds is 7. The Morgan fingerprint density at radius 1 is 0.854 bits per heavy atom. The highest BCUT2D eigenvalue weighted by molar-refractivity contribution is 7.23. The molecule has 0 unspecified atom stereocenters. The van der Waals surface area contributed by atoms with Crippen molar-refractivity contribution in [3.05, 3.63) is 77.2 Å². The minimum absolute atomic E-state index is 0.335. The second-order valence-electron chi connectivity index (χ2n) is 9.30. The van der Waals surface area contributed by atoms with Crippen LogP contribution in [0.25, 0.3) is 42.8 Å². The predicted octanol–water partition coefficient (Wildman–Crippen LogP) is 7.41. The van der Waals surface area contributed by atoms with E-state index in [4.69, 9.17) is 24.9 Å². The molecule has 3 N–H and O–H groups in total. The van der Waals surface area contributed by atoms with Crippen LogP contribution in [0.1, 0.15) is 15.2 Å². The largest absolute Gasteiger partial charge is 0.493 e. The first-order valence-electron chi connectivity index (χ1n) is 12.7. The number of aryl methyl sites for hydroxylation is 1. The summed E-state index contributed by atoms with van der Waals surface area (Å²) >= 11 is 2.67. The standard InChI is InChI=1S/C31H26N4O4S2/c1-16-10-11-20-24(12-16)40-31(34-20)35-29(36)28-26(32)25-19(18-13-22(37-2)27(39-4)23(14-18)38-3)15-21(33-30(25)41-28)17-8-6-5-7-9-17/h5-15H,32H2,1-4H3,(H,34,35,36). The van der Waals surface area contributed by atoms with Gasteiger partial charge in [0.25, 0.3) is 5.91 Å². The average molecular weight is 583 g/mol. The molecule has 0 saturated heterocycles. The lowest BCUT2D eigenvalue weighted by atomic mass is 9.98. The van der Waals surface area contributed by atoms with Gasteiger partial charge in [0.15, 0.2) is 16.6 Å². The maximum atomic E-state index is 13.5. The van der Waals surface area contributed by atoms with Gasteiger partial charge in [0.1, 0.15) is 9.71 Å². The van der Waals surface area contributed by atoms with Gasteiger partial charge in [-0.2, -0.15) is 0 Å². The molecule has 3 heterocycles. The summed E-state index contributed by atoms with van der Waals surface area (Å²) in [5.74, 6) is 1.16. The van der Waals surface area contributed by atoms with Crippen molar-refractivity contribution in [1.82, 2.24) is 9.97 Å². The van der Waals surface area contributed by atoms with Gasteiger partial charge in [-0.1, -0.05) is 47.7 Å². The van der Waals surface area contributed by atoms with Crippen molar-refractivity contribution in [2.24, 2.45) is 0 Å². The van der Waals surface area contributed by atoms with Gasteiger partial charge in [0.2, 0.25) is 5.75 Å². The van der Waals surface area contributed by atoms with E-state index in [1.54, 1.807) is 21.3 Å². The zero-order chi connectivity index (χ0) is 28.7. The SMILES string of the molecule is COc1cc(-c2cc(-c3ccccc3)nc3sc(C(=O)Nc4nc5ccc(C)cc5s4)c(N)c23)cc(OC)c1OC. The smallest absolute Gasteiger partial charge is 0.269 e. The zero-order valence-corrected chi connectivity index (χ0v) is 24.4. The Hall–Kier alpha value is -4.67. The minimum Gasteiger partial charge on any atom is -0.493 e. The molecule has 206 valence electrons. The fourth-order valence-electron chi connectivity index (χ4n) is 4.75. The number of carbonyl (C=O) groups excluding carboxylic acids is 1. The van der Waals surface area contributed by atoms with Crippen LogP contribution in [0.2, 0.25) is 0 Å². The summed E-state index contributed by atoms with van der Waals surface area (Å²) in [6, 6.07) is 21.6. The number of fused-ring (bicyclic) bond motifs is 2. The molecule has 0 bridgehead atoms. The molecule has 0 fully saturated rings. The quantitative estimate of drug-likeness (QED) is 0.202.